The van der Waals surface area contributed by atoms with E-state index in [9.17, 15) is 19.5 Å². The zero-order valence-electron chi connectivity index (χ0n) is 34.0. The number of nitrogen functional groups attached to an aromatic ring is 1. The number of benzene rings is 1. The van der Waals surface area contributed by atoms with Crippen LogP contribution in [0.5, 0.6) is 0 Å². The molecule has 1 aliphatic carbocycles. The Bertz CT molecular complexity index is 1430. The summed E-state index contributed by atoms with van der Waals surface area (Å²) in [6, 6.07) is 9.16. The number of ether oxygens (including phenoxy) is 3. The highest BCUT2D eigenvalue weighted by molar-refractivity contribution is 5.84. The van der Waals surface area contributed by atoms with Crippen molar-refractivity contribution in [1.82, 2.24) is 30.7 Å². The second-order valence-electron chi connectivity index (χ2n) is 15.8. The summed E-state index contributed by atoms with van der Waals surface area (Å²) in [5.74, 6) is -0.290. The summed E-state index contributed by atoms with van der Waals surface area (Å²) >= 11 is 0. The first-order valence-corrected chi connectivity index (χ1v) is 20.8. The molecule has 1 aromatic heterocycles. The van der Waals surface area contributed by atoms with Gasteiger partial charge in [0.1, 0.15) is 19.0 Å². The third-order valence-corrected chi connectivity index (χ3v) is 11.1. The highest BCUT2D eigenvalue weighted by Crippen LogP contribution is 2.30. The lowest BCUT2D eigenvalue weighted by molar-refractivity contribution is -0.157. The summed E-state index contributed by atoms with van der Waals surface area (Å²) < 4.78 is 17.4. The first kappa shape index (κ1) is 44.9. The summed E-state index contributed by atoms with van der Waals surface area (Å²) in [5.41, 5.74) is 6.53. The molecule has 3 amide bonds. The molecular formula is C41H68N8O7. The van der Waals surface area contributed by atoms with Gasteiger partial charge in [0.05, 0.1) is 18.2 Å². The largest absolute Gasteiger partial charge is 0.391 e. The molecular weight excluding hydrogens is 716 g/mol. The van der Waals surface area contributed by atoms with Crippen molar-refractivity contribution in [3.63, 3.8) is 0 Å². The molecule has 5 atom stereocenters. The van der Waals surface area contributed by atoms with Crippen molar-refractivity contribution in [2.24, 2.45) is 17.8 Å². The molecule has 314 valence electrons. The molecule has 1 aromatic carbocycles. The van der Waals surface area contributed by atoms with Crippen LogP contribution < -0.4 is 21.7 Å². The van der Waals surface area contributed by atoms with Crippen molar-refractivity contribution in [2.45, 2.75) is 135 Å². The van der Waals surface area contributed by atoms with Crippen LogP contribution in [0.1, 0.15) is 103 Å². The number of unbranched alkanes of at least 4 members (excludes halogenated alkanes) is 1. The van der Waals surface area contributed by atoms with E-state index in [1.807, 2.05) is 49.1 Å². The Morgan fingerprint density at radius 2 is 1.75 bits per heavy atom. The molecule has 7 N–H and O–H groups in total. The van der Waals surface area contributed by atoms with Crippen LogP contribution in [0.2, 0.25) is 0 Å². The number of methoxy groups -OCH3 is 1. The Morgan fingerprint density at radius 1 is 1.02 bits per heavy atom. The average molecular weight is 785 g/mol. The predicted molar refractivity (Wildman–Crippen MR) is 215 cm³/mol. The van der Waals surface area contributed by atoms with Crippen molar-refractivity contribution in [3.8, 4) is 0 Å². The standard InChI is InChI=1S/C41H68N8O7/c1-5-6-17-35(56-36(25-30-15-11-8-12-16-30)39(53)49-22-18-31(19-23-49)55-27-54-4)38(52)45-33(24-29-13-9-7-10-14-29)34(50)26-32(28(2)3)37(51)43-20-21-44-41-46-40(42)47-48-41/h8,11-12,15-16,28-29,31-36,50H,5-7,9-10,13-14,17-27H2,1-4H3,(H,43,51)(H,45,52)(H4,42,44,46,47,48)/t32-,33-,34-,35-,36-/m0/s1. The third kappa shape index (κ3) is 14.9. The number of hydrogen-bond donors (Lipinski definition) is 6. The Hall–Kier alpha value is -3.79. The minimum Gasteiger partial charge on any atom is -0.391 e. The lowest BCUT2D eigenvalue weighted by Gasteiger charge is -2.36. The molecule has 1 aliphatic heterocycles. The van der Waals surface area contributed by atoms with Gasteiger partial charge in [-0.15, -0.1) is 5.10 Å². The monoisotopic (exact) mass is 785 g/mol. The number of rotatable bonds is 24. The number of nitrogens with zero attached hydrogens (tertiary/aromatic N) is 3. The van der Waals surface area contributed by atoms with Crippen LogP contribution >= 0.6 is 0 Å². The number of aliphatic hydroxyl groups is 1. The minimum atomic E-state index is -0.969. The molecule has 15 nitrogen and oxygen atoms in total. The number of anilines is 2. The van der Waals surface area contributed by atoms with E-state index in [0.29, 0.717) is 70.1 Å². The van der Waals surface area contributed by atoms with Gasteiger partial charge in [-0.25, -0.2) is 5.10 Å². The second kappa shape index (κ2) is 24.1. The lowest BCUT2D eigenvalue weighted by Crippen LogP contribution is -2.52. The van der Waals surface area contributed by atoms with Crippen molar-refractivity contribution in [2.75, 3.05) is 51.1 Å². The predicted octanol–water partition coefficient (Wildman–Crippen LogP) is 4.19. The maximum Gasteiger partial charge on any atom is 0.252 e. The SMILES string of the molecule is CCCC[C@H](O[C@@H](Cc1ccccc1)C(=O)N1CCC(OCOC)CC1)C(=O)N[C@@H](CC1CCCCC1)[C@@H](O)C[C@H](C(=O)NCCNc1n[nH]c(N)n1)C(C)C. The Kier molecular flexibility index (Phi) is 19.3. The summed E-state index contributed by atoms with van der Waals surface area (Å²) in [6.45, 7) is 7.99. The molecule has 2 aromatic rings. The quantitative estimate of drug-likeness (QED) is 0.0658. The number of aromatic amines is 1. The van der Waals surface area contributed by atoms with Crippen LogP contribution in [-0.4, -0.2) is 113 Å². The smallest absolute Gasteiger partial charge is 0.252 e. The summed E-state index contributed by atoms with van der Waals surface area (Å²) in [7, 11) is 1.59. The van der Waals surface area contributed by atoms with Gasteiger partial charge in [-0.05, 0) is 49.5 Å². The van der Waals surface area contributed by atoms with E-state index < -0.39 is 30.3 Å². The van der Waals surface area contributed by atoms with Crippen LogP contribution in [0.25, 0.3) is 0 Å². The topological polar surface area (TPSA) is 206 Å². The van der Waals surface area contributed by atoms with E-state index in [1.54, 1.807) is 7.11 Å². The molecule has 15 heteroatoms. The fourth-order valence-electron chi connectivity index (χ4n) is 7.80. The first-order valence-electron chi connectivity index (χ1n) is 20.8. The van der Waals surface area contributed by atoms with Crippen LogP contribution in [0.3, 0.4) is 0 Å². The number of hydrogen-bond acceptors (Lipinski definition) is 11. The van der Waals surface area contributed by atoms with E-state index in [1.165, 1.54) is 6.42 Å². The van der Waals surface area contributed by atoms with Gasteiger partial charge in [0.2, 0.25) is 23.7 Å². The van der Waals surface area contributed by atoms with E-state index in [-0.39, 0.29) is 48.9 Å². The number of carbonyl (C=O) groups excluding carboxylic acids is 3. The van der Waals surface area contributed by atoms with Crippen molar-refractivity contribution >= 4 is 29.6 Å². The summed E-state index contributed by atoms with van der Waals surface area (Å²) in [5, 5.41) is 27.6. The summed E-state index contributed by atoms with van der Waals surface area (Å²) in [4.78, 5) is 47.8. The fraction of sp³-hybridized carbons (Fsp3) is 0.732. The minimum absolute atomic E-state index is 0.0201. The van der Waals surface area contributed by atoms with Crippen molar-refractivity contribution < 1.29 is 33.7 Å². The lowest BCUT2D eigenvalue weighted by atomic mass is 9.81. The zero-order chi connectivity index (χ0) is 40.3. The number of aromatic nitrogens is 3. The van der Waals surface area contributed by atoms with Crippen LogP contribution in [-0.2, 0) is 35.0 Å². The Morgan fingerprint density at radius 3 is 2.39 bits per heavy atom. The van der Waals surface area contributed by atoms with Gasteiger partial charge in [-0.3, -0.25) is 14.4 Å². The van der Waals surface area contributed by atoms with Gasteiger partial charge in [-0.2, -0.15) is 4.98 Å². The first-order chi connectivity index (χ1) is 27.1. The van der Waals surface area contributed by atoms with E-state index >= 15 is 0 Å². The van der Waals surface area contributed by atoms with Crippen LogP contribution in [0, 0.1) is 17.8 Å². The fourth-order valence-corrected chi connectivity index (χ4v) is 7.80. The van der Waals surface area contributed by atoms with Crippen molar-refractivity contribution in [1.29, 1.82) is 0 Å². The molecule has 0 unspecified atom stereocenters. The average Bonchev–Trinajstić information content (AvgIpc) is 3.63. The van der Waals surface area contributed by atoms with Gasteiger partial charge in [0.25, 0.3) is 5.91 Å². The number of amides is 3. The van der Waals surface area contributed by atoms with Gasteiger partial charge in [0.15, 0.2) is 0 Å². The van der Waals surface area contributed by atoms with Gasteiger partial charge >= 0.3 is 0 Å². The number of H-pyrrole nitrogens is 1. The van der Waals surface area contributed by atoms with E-state index in [0.717, 1.165) is 44.1 Å². The Labute approximate surface area is 333 Å². The number of aliphatic hydroxyl groups excluding tert-OH is 1. The Balaban J connectivity index is 1.47. The normalized spacial score (nSPS) is 18.2. The molecule has 1 saturated heterocycles. The van der Waals surface area contributed by atoms with Gasteiger partial charge in [-0.1, -0.05) is 96.0 Å². The van der Waals surface area contributed by atoms with Crippen LogP contribution in [0.15, 0.2) is 30.3 Å². The molecule has 1 saturated carbocycles. The molecule has 4 rings (SSSR count). The number of nitrogens with two attached hydrogens (primary N) is 1. The van der Waals surface area contributed by atoms with Gasteiger partial charge < -0.3 is 45.9 Å². The third-order valence-electron chi connectivity index (χ3n) is 11.1. The van der Waals surface area contributed by atoms with Crippen LogP contribution in [0.4, 0.5) is 11.9 Å². The molecule has 2 aliphatic rings. The van der Waals surface area contributed by atoms with E-state index in [2.05, 4.69) is 38.1 Å². The number of likely N-dealkylation sites (tertiary alicyclic amines) is 1. The molecule has 56 heavy (non-hydrogen) atoms. The van der Waals surface area contributed by atoms with E-state index in [4.69, 9.17) is 19.9 Å². The summed E-state index contributed by atoms with van der Waals surface area (Å²) in [6.07, 6.45) is 7.31. The number of piperidine rings is 1. The zero-order valence-corrected chi connectivity index (χ0v) is 34.0. The van der Waals surface area contributed by atoms with Crippen molar-refractivity contribution in [3.05, 3.63) is 35.9 Å². The molecule has 2 fully saturated rings. The number of carbonyl (C=O) groups is 3. The number of nitrogens with one attached hydrogen (secondary N) is 4. The highest BCUT2D eigenvalue weighted by atomic mass is 16.7. The molecule has 2 heterocycles. The highest BCUT2D eigenvalue weighted by Gasteiger charge is 2.36. The molecule has 0 bridgehead atoms. The second-order valence-corrected chi connectivity index (χ2v) is 15.8. The van der Waals surface area contributed by atoms with Gasteiger partial charge in [0, 0.05) is 45.6 Å². The maximum absolute atomic E-state index is 14.4. The maximum atomic E-state index is 14.4. The molecule has 0 radical (unpaired) electrons. The molecule has 0 spiro atoms.